The van der Waals surface area contributed by atoms with Crippen LogP contribution in [0.25, 0.3) is 11.4 Å². The molecule has 0 N–H and O–H groups in total. The minimum Gasteiger partial charge on any atom is -0.479 e. The van der Waals surface area contributed by atoms with E-state index in [1.165, 1.54) is 0 Å². The molecule has 120 valence electrons. The Bertz CT molecular complexity index is 829. The summed E-state index contributed by atoms with van der Waals surface area (Å²) in [6, 6.07) is 7.80. The van der Waals surface area contributed by atoms with E-state index in [4.69, 9.17) is 16.3 Å². The average Bonchev–Trinajstić information content (AvgIpc) is 3.09. The monoisotopic (exact) mass is 349 g/mol. The largest absolute Gasteiger partial charge is 0.479 e. The molecule has 0 amide bonds. The summed E-state index contributed by atoms with van der Waals surface area (Å²) in [5.74, 6) is 1.98. The van der Waals surface area contributed by atoms with E-state index < -0.39 is 0 Å². The minimum absolute atomic E-state index is 0.533. The van der Waals surface area contributed by atoms with Crippen molar-refractivity contribution in [3.63, 3.8) is 0 Å². The van der Waals surface area contributed by atoms with Crippen LogP contribution in [0.5, 0.6) is 5.88 Å². The summed E-state index contributed by atoms with van der Waals surface area (Å²) in [5, 5.41) is 14.4. The Morgan fingerprint density at radius 2 is 2.00 bits per heavy atom. The van der Waals surface area contributed by atoms with Gasteiger partial charge in [-0.2, -0.15) is 0 Å². The van der Waals surface area contributed by atoms with Crippen LogP contribution in [0.2, 0.25) is 5.02 Å². The zero-order chi connectivity index (χ0) is 16.4. The van der Waals surface area contributed by atoms with Crippen molar-refractivity contribution >= 4 is 23.4 Å². The third kappa shape index (κ3) is 3.20. The molecule has 0 atom stereocenters. The molecular formula is C15H16ClN5OS. The Kier molecular flexibility index (Phi) is 4.58. The Balaban J connectivity index is 1.83. The van der Waals surface area contributed by atoms with Crippen molar-refractivity contribution < 1.29 is 4.74 Å². The van der Waals surface area contributed by atoms with Crippen LogP contribution < -0.4 is 4.74 Å². The van der Waals surface area contributed by atoms with E-state index in [1.807, 2.05) is 49.1 Å². The van der Waals surface area contributed by atoms with Crippen molar-refractivity contribution in [2.75, 3.05) is 7.11 Å². The smallest absolute Gasteiger partial charge is 0.243 e. The number of thioether (sulfide) groups is 1. The predicted octanol–water partition coefficient (Wildman–Crippen LogP) is 3.17. The second kappa shape index (κ2) is 6.64. The van der Waals surface area contributed by atoms with Gasteiger partial charge in [0.15, 0.2) is 11.0 Å². The standard InChI is InChI=1S/C15H16ClN5OS/c1-20-8-11(14(19-20)22-3)13-17-18-15(21(13)2)23-9-10-6-4-5-7-12(10)16/h4-8H,9H2,1-3H3. The molecule has 0 aliphatic heterocycles. The zero-order valence-corrected chi connectivity index (χ0v) is 14.6. The fraction of sp³-hybridized carbons (Fsp3) is 0.267. The summed E-state index contributed by atoms with van der Waals surface area (Å²) in [6.45, 7) is 0. The summed E-state index contributed by atoms with van der Waals surface area (Å²) in [6.07, 6.45) is 1.87. The Hall–Kier alpha value is -1.99. The molecule has 0 bridgehead atoms. The molecule has 0 saturated carbocycles. The van der Waals surface area contributed by atoms with Gasteiger partial charge in [-0.25, -0.2) is 0 Å². The van der Waals surface area contributed by atoms with Gasteiger partial charge in [-0.3, -0.25) is 4.68 Å². The maximum Gasteiger partial charge on any atom is 0.243 e. The molecule has 3 rings (SSSR count). The van der Waals surface area contributed by atoms with Crippen molar-refractivity contribution in [1.82, 2.24) is 24.5 Å². The lowest BCUT2D eigenvalue weighted by atomic mass is 10.2. The lowest BCUT2D eigenvalue weighted by molar-refractivity contribution is 0.393. The highest BCUT2D eigenvalue weighted by Crippen LogP contribution is 2.30. The maximum absolute atomic E-state index is 6.19. The van der Waals surface area contributed by atoms with Crippen molar-refractivity contribution in [3.8, 4) is 17.3 Å². The first-order chi connectivity index (χ1) is 11.1. The molecular weight excluding hydrogens is 334 g/mol. The lowest BCUT2D eigenvalue weighted by Crippen LogP contribution is -1.96. The highest BCUT2D eigenvalue weighted by atomic mass is 35.5. The van der Waals surface area contributed by atoms with Gasteiger partial charge >= 0.3 is 0 Å². The minimum atomic E-state index is 0.533. The molecule has 0 saturated heterocycles. The van der Waals surface area contributed by atoms with Gasteiger partial charge in [0.1, 0.15) is 5.56 Å². The molecule has 6 nitrogen and oxygen atoms in total. The Labute approximate surface area is 143 Å². The number of ether oxygens (including phenoxy) is 1. The molecule has 0 aliphatic rings. The molecule has 0 unspecified atom stereocenters. The van der Waals surface area contributed by atoms with Crippen LogP contribution in [0.4, 0.5) is 0 Å². The van der Waals surface area contributed by atoms with Crippen LogP contribution in [0, 0.1) is 0 Å². The van der Waals surface area contributed by atoms with E-state index in [0.29, 0.717) is 5.88 Å². The second-order valence-electron chi connectivity index (χ2n) is 4.97. The number of hydrogen-bond donors (Lipinski definition) is 0. The fourth-order valence-electron chi connectivity index (χ4n) is 2.21. The van der Waals surface area contributed by atoms with Crippen molar-refractivity contribution in [1.29, 1.82) is 0 Å². The maximum atomic E-state index is 6.19. The van der Waals surface area contributed by atoms with Gasteiger partial charge in [-0.1, -0.05) is 41.6 Å². The number of nitrogens with zero attached hydrogens (tertiary/aromatic N) is 5. The van der Waals surface area contributed by atoms with Crippen LogP contribution in [0.1, 0.15) is 5.56 Å². The van der Waals surface area contributed by atoms with Gasteiger partial charge in [-0.15, -0.1) is 15.3 Å². The first-order valence-corrected chi connectivity index (χ1v) is 8.30. The average molecular weight is 350 g/mol. The highest BCUT2D eigenvalue weighted by Gasteiger charge is 2.18. The summed E-state index contributed by atoms with van der Waals surface area (Å²) < 4.78 is 8.92. The molecule has 0 spiro atoms. The van der Waals surface area contributed by atoms with Crippen molar-refractivity contribution in [2.24, 2.45) is 14.1 Å². The topological polar surface area (TPSA) is 57.8 Å². The van der Waals surface area contributed by atoms with E-state index in [-0.39, 0.29) is 0 Å². The SMILES string of the molecule is COc1nn(C)cc1-c1nnc(SCc2ccccc2Cl)n1C. The molecule has 0 fully saturated rings. The predicted molar refractivity (Wildman–Crippen MR) is 90.8 cm³/mol. The first-order valence-electron chi connectivity index (χ1n) is 6.93. The number of halogens is 1. The van der Waals surface area contributed by atoms with E-state index in [9.17, 15) is 0 Å². The number of aromatic nitrogens is 5. The Morgan fingerprint density at radius 1 is 1.22 bits per heavy atom. The number of hydrogen-bond acceptors (Lipinski definition) is 5. The summed E-state index contributed by atoms with van der Waals surface area (Å²) >= 11 is 7.78. The fourth-order valence-corrected chi connectivity index (χ4v) is 3.40. The molecule has 2 aromatic heterocycles. The van der Waals surface area contributed by atoms with Crippen LogP contribution in [-0.2, 0) is 19.8 Å². The molecule has 1 aromatic carbocycles. The molecule has 23 heavy (non-hydrogen) atoms. The highest BCUT2D eigenvalue weighted by molar-refractivity contribution is 7.98. The van der Waals surface area contributed by atoms with Crippen LogP contribution in [0.15, 0.2) is 35.6 Å². The number of aryl methyl sites for hydroxylation is 1. The normalized spacial score (nSPS) is 11.0. The number of methoxy groups -OCH3 is 1. The summed E-state index contributed by atoms with van der Waals surface area (Å²) in [7, 11) is 5.36. The molecule has 0 aliphatic carbocycles. The van der Waals surface area contributed by atoms with Gasteiger partial charge < -0.3 is 9.30 Å². The Morgan fingerprint density at radius 3 is 2.74 bits per heavy atom. The number of benzene rings is 1. The lowest BCUT2D eigenvalue weighted by Gasteiger charge is -2.05. The second-order valence-corrected chi connectivity index (χ2v) is 6.32. The van der Waals surface area contributed by atoms with E-state index in [1.54, 1.807) is 23.6 Å². The molecule has 3 aromatic rings. The quantitative estimate of drug-likeness (QED) is 0.662. The van der Waals surface area contributed by atoms with Gasteiger partial charge in [0.25, 0.3) is 0 Å². The van der Waals surface area contributed by atoms with Gasteiger partial charge in [-0.05, 0) is 11.6 Å². The molecule has 0 radical (unpaired) electrons. The first kappa shape index (κ1) is 15.9. The summed E-state index contributed by atoms with van der Waals surface area (Å²) in [5.41, 5.74) is 1.89. The van der Waals surface area contributed by atoms with Gasteiger partial charge in [0, 0.05) is 31.1 Å². The van der Waals surface area contributed by atoms with Crippen LogP contribution in [0.3, 0.4) is 0 Å². The third-order valence-corrected chi connectivity index (χ3v) is 4.82. The van der Waals surface area contributed by atoms with E-state index in [0.717, 1.165) is 32.9 Å². The van der Waals surface area contributed by atoms with Crippen LogP contribution in [-0.4, -0.2) is 31.7 Å². The number of rotatable bonds is 5. The third-order valence-electron chi connectivity index (χ3n) is 3.38. The van der Waals surface area contributed by atoms with E-state index in [2.05, 4.69) is 15.3 Å². The van der Waals surface area contributed by atoms with Crippen molar-refractivity contribution in [3.05, 3.63) is 41.0 Å². The van der Waals surface area contributed by atoms with E-state index >= 15 is 0 Å². The van der Waals surface area contributed by atoms with Gasteiger partial charge in [0.2, 0.25) is 5.88 Å². The molecule has 8 heteroatoms. The molecule has 2 heterocycles. The summed E-state index contributed by atoms with van der Waals surface area (Å²) in [4.78, 5) is 0. The zero-order valence-electron chi connectivity index (χ0n) is 13.0. The van der Waals surface area contributed by atoms with Crippen LogP contribution >= 0.6 is 23.4 Å². The van der Waals surface area contributed by atoms with Crippen molar-refractivity contribution in [2.45, 2.75) is 10.9 Å². The van der Waals surface area contributed by atoms with Gasteiger partial charge in [0.05, 0.1) is 7.11 Å².